The van der Waals surface area contributed by atoms with Crippen LogP contribution in [0, 0.1) is 0 Å². The highest BCUT2D eigenvalue weighted by Gasteiger charge is 2.21. The highest BCUT2D eigenvalue weighted by Crippen LogP contribution is 2.18. The van der Waals surface area contributed by atoms with Crippen LogP contribution < -0.4 is 10.1 Å². The van der Waals surface area contributed by atoms with E-state index in [4.69, 9.17) is 18.9 Å². The van der Waals surface area contributed by atoms with E-state index in [-0.39, 0.29) is 13.0 Å². The van der Waals surface area contributed by atoms with E-state index in [1.54, 1.807) is 69.3 Å². The Morgan fingerprint density at radius 3 is 2.08 bits per heavy atom. The van der Waals surface area contributed by atoms with Gasteiger partial charge in [-0.15, -0.1) is 0 Å². The van der Waals surface area contributed by atoms with Crippen molar-refractivity contribution in [2.75, 3.05) is 11.9 Å². The maximum absolute atomic E-state index is 12.6. The van der Waals surface area contributed by atoms with Gasteiger partial charge in [-0.1, -0.05) is 54.6 Å². The molecular formula is C31H35NO7. The number of ether oxygens (including phenoxy) is 4. The predicted molar refractivity (Wildman–Crippen MR) is 147 cm³/mol. The smallest absolute Gasteiger partial charge is 0.412 e. The lowest BCUT2D eigenvalue weighted by atomic mass is 10.1. The highest BCUT2D eigenvalue weighted by molar-refractivity contribution is 5.85. The minimum absolute atomic E-state index is 0.0636. The number of esters is 2. The van der Waals surface area contributed by atoms with Gasteiger partial charge in [-0.2, -0.15) is 0 Å². The molecule has 0 bridgehead atoms. The number of hydrogen-bond donors (Lipinski definition) is 1. The molecule has 0 unspecified atom stereocenters. The third-order valence-electron chi connectivity index (χ3n) is 5.38. The zero-order valence-corrected chi connectivity index (χ0v) is 22.8. The van der Waals surface area contributed by atoms with Crippen molar-refractivity contribution in [3.8, 4) is 5.75 Å². The predicted octanol–water partition coefficient (Wildman–Crippen LogP) is 5.87. The molecule has 3 rings (SSSR count). The molecule has 0 fully saturated rings. The van der Waals surface area contributed by atoms with Crippen LogP contribution in [-0.2, 0) is 43.2 Å². The van der Waals surface area contributed by atoms with Gasteiger partial charge < -0.3 is 18.9 Å². The summed E-state index contributed by atoms with van der Waals surface area (Å²) < 4.78 is 21.7. The Bertz CT molecular complexity index is 1220. The molecule has 1 N–H and O–H groups in total. The van der Waals surface area contributed by atoms with Gasteiger partial charge in [-0.3, -0.25) is 10.1 Å². The Kier molecular flexibility index (Phi) is 10.6. The number of nitrogens with one attached hydrogen (secondary N) is 1. The van der Waals surface area contributed by atoms with Gasteiger partial charge in [-0.25, -0.2) is 9.59 Å². The highest BCUT2D eigenvalue weighted by atomic mass is 16.6. The minimum Gasteiger partial charge on any atom is -0.459 e. The Morgan fingerprint density at radius 2 is 1.46 bits per heavy atom. The molecular weight excluding hydrogens is 498 g/mol. The summed E-state index contributed by atoms with van der Waals surface area (Å²) in [6, 6.07) is 23.3. The molecule has 8 heteroatoms. The second kappa shape index (κ2) is 14.1. The molecule has 0 aliphatic heterocycles. The van der Waals surface area contributed by atoms with Crippen molar-refractivity contribution in [3.63, 3.8) is 0 Å². The van der Waals surface area contributed by atoms with Gasteiger partial charge >= 0.3 is 18.0 Å². The van der Waals surface area contributed by atoms with E-state index in [0.717, 1.165) is 16.7 Å². The van der Waals surface area contributed by atoms with Crippen LogP contribution in [0.3, 0.4) is 0 Å². The first-order valence-corrected chi connectivity index (χ1v) is 12.8. The van der Waals surface area contributed by atoms with Crippen molar-refractivity contribution in [2.24, 2.45) is 0 Å². The average molecular weight is 534 g/mol. The summed E-state index contributed by atoms with van der Waals surface area (Å²) in [6.45, 7) is 7.74. The van der Waals surface area contributed by atoms with E-state index in [2.05, 4.69) is 5.32 Å². The fourth-order valence-electron chi connectivity index (χ4n) is 3.60. The lowest BCUT2D eigenvalue weighted by Gasteiger charge is -2.19. The monoisotopic (exact) mass is 533 g/mol. The van der Waals surface area contributed by atoms with Gasteiger partial charge in [0.15, 0.2) is 6.10 Å². The van der Waals surface area contributed by atoms with Gasteiger partial charge in [0.05, 0.1) is 6.42 Å². The second-order valence-electron chi connectivity index (χ2n) is 9.86. The van der Waals surface area contributed by atoms with Gasteiger partial charge in [0.25, 0.3) is 0 Å². The van der Waals surface area contributed by atoms with Gasteiger partial charge in [0.1, 0.15) is 18.0 Å². The summed E-state index contributed by atoms with van der Waals surface area (Å²) in [5, 5.41) is 2.65. The number of carbonyl (C=O) groups excluding carboxylic acids is 3. The Hall–Kier alpha value is -4.17. The molecule has 3 aromatic carbocycles. The summed E-state index contributed by atoms with van der Waals surface area (Å²) in [7, 11) is 0. The first kappa shape index (κ1) is 29.4. The number of benzene rings is 3. The second-order valence-corrected chi connectivity index (χ2v) is 9.86. The molecule has 0 aromatic heterocycles. The quantitative estimate of drug-likeness (QED) is 0.243. The molecule has 0 saturated heterocycles. The average Bonchev–Trinajstić information content (AvgIpc) is 2.89. The van der Waals surface area contributed by atoms with E-state index in [1.165, 1.54) is 0 Å². The molecule has 0 aliphatic carbocycles. The minimum atomic E-state index is -0.736. The molecule has 1 atom stereocenters. The summed E-state index contributed by atoms with van der Waals surface area (Å²) in [5.74, 6) is -0.456. The van der Waals surface area contributed by atoms with E-state index < -0.39 is 29.7 Å². The Morgan fingerprint density at radius 1 is 0.821 bits per heavy atom. The molecule has 0 heterocycles. The largest absolute Gasteiger partial charge is 0.459 e. The lowest BCUT2D eigenvalue weighted by molar-refractivity contribution is -0.158. The molecule has 0 radical (unpaired) electrons. The van der Waals surface area contributed by atoms with Crippen LogP contribution in [0.1, 0.15) is 44.4 Å². The van der Waals surface area contributed by atoms with Gasteiger partial charge in [0.2, 0.25) is 0 Å². The maximum Gasteiger partial charge on any atom is 0.412 e. The van der Waals surface area contributed by atoms with Crippen LogP contribution in [0.25, 0.3) is 0 Å². The van der Waals surface area contributed by atoms with Crippen LogP contribution >= 0.6 is 0 Å². The molecule has 8 nitrogen and oxygen atoms in total. The Labute approximate surface area is 229 Å². The maximum atomic E-state index is 12.6. The van der Waals surface area contributed by atoms with Gasteiger partial charge in [0, 0.05) is 18.7 Å². The van der Waals surface area contributed by atoms with Crippen molar-refractivity contribution in [1.82, 2.24) is 0 Å². The van der Waals surface area contributed by atoms with E-state index in [1.807, 2.05) is 37.3 Å². The van der Waals surface area contributed by atoms with Crippen molar-refractivity contribution >= 4 is 23.7 Å². The molecule has 0 aliphatic rings. The molecule has 206 valence electrons. The van der Waals surface area contributed by atoms with Crippen LogP contribution in [0.15, 0.2) is 78.9 Å². The third-order valence-corrected chi connectivity index (χ3v) is 5.38. The molecule has 0 spiro atoms. The third kappa shape index (κ3) is 10.6. The zero-order valence-electron chi connectivity index (χ0n) is 22.8. The van der Waals surface area contributed by atoms with Gasteiger partial charge in [-0.05, 0) is 68.7 Å². The fourth-order valence-corrected chi connectivity index (χ4v) is 3.60. The fraction of sp³-hybridized carbons (Fsp3) is 0.323. The SMILES string of the molecule is CCO[C@@H](Cc1ccc(OC(=O)Cc2ccc(NC(=O)OC(C)(C)C)cc2)cc1)C(=O)OCc1ccccc1. The first-order valence-electron chi connectivity index (χ1n) is 12.8. The number of rotatable bonds is 11. The zero-order chi connectivity index (χ0) is 28.3. The van der Waals surface area contributed by atoms with Crippen LogP contribution in [0.4, 0.5) is 10.5 Å². The molecule has 1 amide bonds. The topological polar surface area (TPSA) is 100 Å². The van der Waals surface area contributed by atoms with Crippen molar-refractivity contribution in [3.05, 3.63) is 95.6 Å². The molecule has 0 saturated carbocycles. The molecule has 3 aromatic rings. The van der Waals surface area contributed by atoms with Crippen LogP contribution in [0.5, 0.6) is 5.75 Å². The summed E-state index contributed by atoms with van der Waals surface area (Å²) >= 11 is 0. The number of hydrogen-bond acceptors (Lipinski definition) is 7. The lowest BCUT2D eigenvalue weighted by Crippen LogP contribution is -2.28. The van der Waals surface area contributed by atoms with Crippen LogP contribution in [0.2, 0.25) is 0 Å². The van der Waals surface area contributed by atoms with Crippen LogP contribution in [-0.4, -0.2) is 36.3 Å². The van der Waals surface area contributed by atoms with Crippen molar-refractivity contribution in [2.45, 2.75) is 58.8 Å². The van der Waals surface area contributed by atoms with E-state index >= 15 is 0 Å². The Balaban J connectivity index is 1.48. The standard InChI is InChI=1S/C31H35NO7/c1-5-36-27(29(34)37-21-24-9-7-6-8-10-24)19-22-13-17-26(18-14-22)38-28(33)20-23-11-15-25(16-12-23)32-30(35)39-31(2,3)4/h6-18,27H,5,19-21H2,1-4H3,(H,32,35)/t27-/m0/s1. The number of anilines is 1. The van der Waals surface area contributed by atoms with E-state index in [9.17, 15) is 14.4 Å². The summed E-state index contributed by atoms with van der Waals surface area (Å²) in [5.41, 5.74) is 2.45. The summed E-state index contributed by atoms with van der Waals surface area (Å²) in [6.07, 6.45) is -0.886. The normalized spacial score (nSPS) is 11.8. The number of carbonyl (C=O) groups is 3. The first-order chi connectivity index (χ1) is 18.6. The summed E-state index contributed by atoms with van der Waals surface area (Å²) in [4.78, 5) is 36.9. The number of amides is 1. The van der Waals surface area contributed by atoms with Crippen molar-refractivity contribution in [1.29, 1.82) is 0 Å². The van der Waals surface area contributed by atoms with E-state index in [0.29, 0.717) is 24.5 Å². The molecule has 39 heavy (non-hydrogen) atoms. The van der Waals surface area contributed by atoms with Crippen molar-refractivity contribution < 1.29 is 33.3 Å².